The van der Waals surface area contributed by atoms with Gasteiger partial charge in [0.25, 0.3) is 5.91 Å². The van der Waals surface area contributed by atoms with Gasteiger partial charge in [-0.25, -0.2) is 0 Å². The van der Waals surface area contributed by atoms with Gasteiger partial charge in [0, 0.05) is 18.7 Å². The van der Waals surface area contributed by atoms with E-state index in [1.165, 1.54) is 0 Å². The fourth-order valence-corrected chi connectivity index (χ4v) is 1.81. The number of ether oxygens (including phenoxy) is 1. The van der Waals surface area contributed by atoms with Crippen LogP contribution < -0.4 is 10.1 Å². The van der Waals surface area contributed by atoms with Gasteiger partial charge >= 0.3 is 0 Å². The molecule has 2 aromatic rings. The highest BCUT2D eigenvalue weighted by Gasteiger charge is 2.10. The third-order valence-electron chi connectivity index (χ3n) is 2.65. The van der Waals surface area contributed by atoms with Gasteiger partial charge in [-0.2, -0.15) is 5.10 Å². The predicted molar refractivity (Wildman–Crippen MR) is 73.5 cm³/mol. The minimum Gasteiger partial charge on any atom is -0.494 e. The fourth-order valence-electron chi connectivity index (χ4n) is 1.81. The van der Waals surface area contributed by atoms with Crippen LogP contribution in [0, 0.1) is 6.92 Å². The molecule has 0 aliphatic heterocycles. The molecule has 1 aromatic heterocycles. The summed E-state index contributed by atoms with van der Waals surface area (Å²) in [4.78, 5) is 12.1. The van der Waals surface area contributed by atoms with E-state index in [0.29, 0.717) is 23.7 Å². The zero-order valence-electron chi connectivity index (χ0n) is 11.3. The first-order valence-corrected chi connectivity index (χ1v) is 6.15. The maximum absolute atomic E-state index is 12.1. The Hall–Kier alpha value is -2.30. The van der Waals surface area contributed by atoms with E-state index < -0.39 is 0 Å². The summed E-state index contributed by atoms with van der Waals surface area (Å²) in [6, 6.07) is 8.93. The van der Waals surface area contributed by atoms with Gasteiger partial charge in [0.2, 0.25) is 0 Å². The quantitative estimate of drug-likeness (QED) is 0.917. The minimum atomic E-state index is -0.176. The number of aromatic nitrogens is 2. The molecule has 0 radical (unpaired) electrons. The van der Waals surface area contributed by atoms with Gasteiger partial charge < -0.3 is 10.1 Å². The molecule has 0 aliphatic carbocycles. The molecule has 19 heavy (non-hydrogen) atoms. The lowest BCUT2D eigenvalue weighted by atomic mass is 10.2. The van der Waals surface area contributed by atoms with Crippen LogP contribution in [-0.4, -0.2) is 22.3 Å². The zero-order valence-corrected chi connectivity index (χ0v) is 11.3. The number of carbonyl (C=O) groups excluding carboxylic acids is 1. The number of hydrogen-bond donors (Lipinski definition) is 1. The average Bonchev–Trinajstić information content (AvgIpc) is 2.68. The van der Waals surface area contributed by atoms with E-state index in [0.717, 1.165) is 5.69 Å². The molecule has 0 spiro atoms. The summed E-state index contributed by atoms with van der Waals surface area (Å²) in [5, 5.41) is 7.00. The first-order valence-electron chi connectivity index (χ1n) is 6.15. The first kappa shape index (κ1) is 13.1. The van der Waals surface area contributed by atoms with Crippen molar-refractivity contribution in [1.82, 2.24) is 9.78 Å². The highest BCUT2D eigenvalue weighted by molar-refractivity contribution is 6.04. The zero-order chi connectivity index (χ0) is 13.8. The number of nitrogens with zero attached hydrogens (tertiary/aromatic N) is 2. The van der Waals surface area contributed by atoms with Crippen molar-refractivity contribution >= 4 is 11.7 Å². The molecule has 1 amide bonds. The lowest BCUT2D eigenvalue weighted by Crippen LogP contribution is -2.14. The smallest absolute Gasteiger partial charge is 0.256 e. The third kappa shape index (κ3) is 3.13. The Morgan fingerprint density at radius 2 is 2.21 bits per heavy atom. The Morgan fingerprint density at radius 3 is 2.84 bits per heavy atom. The highest BCUT2D eigenvalue weighted by Crippen LogP contribution is 2.15. The number of amides is 1. The fraction of sp³-hybridized carbons (Fsp3) is 0.286. The molecule has 1 N–H and O–H groups in total. The largest absolute Gasteiger partial charge is 0.494 e. The minimum absolute atomic E-state index is 0.176. The number of rotatable bonds is 4. The van der Waals surface area contributed by atoms with E-state index in [1.807, 2.05) is 26.0 Å². The van der Waals surface area contributed by atoms with Crippen LogP contribution in [-0.2, 0) is 7.05 Å². The van der Waals surface area contributed by atoms with Crippen molar-refractivity contribution in [3.05, 3.63) is 41.6 Å². The van der Waals surface area contributed by atoms with Gasteiger partial charge in [-0.3, -0.25) is 9.48 Å². The van der Waals surface area contributed by atoms with Crippen LogP contribution in [0.2, 0.25) is 0 Å². The topological polar surface area (TPSA) is 56.1 Å². The molecule has 0 bridgehead atoms. The molecule has 1 heterocycles. The van der Waals surface area contributed by atoms with Crippen molar-refractivity contribution in [3.63, 3.8) is 0 Å². The number of anilines is 1. The molecule has 1 aromatic carbocycles. The molecule has 2 rings (SSSR count). The predicted octanol–water partition coefficient (Wildman–Crippen LogP) is 2.38. The summed E-state index contributed by atoms with van der Waals surface area (Å²) in [7, 11) is 1.79. The van der Waals surface area contributed by atoms with Crippen LogP contribution in [0.1, 0.15) is 23.0 Å². The van der Waals surface area contributed by atoms with Crippen molar-refractivity contribution in [3.8, 4) is 5.75 Å². The number of benzene rings is 1. The van der Waals surface area contributed by atoms with E-state index in [-0.39, 0.29) is 5.91 Å². The van der Waals surface area contributed by atoms with Crippen molar-refractivity contribution in [2.24, 2.45) is 7.05 Å². The van der Waals surface area contributed by atoms with Gasteiger partial charge in [-0.05, 0) is 32.0 Å². The molecular weight excluding hydrogens is 242 g/mol. The number of aryl methyl sites for hydroxylation is 2. The van der Waals surface area contributed by atoms with Crippen LogP contribution in [0.25, 0.3) is 0 Å². The lowest BCUT2D eigenvalue weighted by molar-refractivity contribution is 0.102. The third-order valence-corrected chi connectivity index (χ3v) is 2.65. The molecule has 0 atom stereocenters. The van der Waals surface area contributed by atoms with E-state index in [9.17, 15) is 4.79 Å². The maximum Gasteiger partial charge on any atom is 0.256 e. The van der Waals surface area contributed by atoms with Crippen LogP contribution >= 0.6 is 0 Å². The van der Waals surface area contributed by atoms with Crippen LogP contribution in [0.5, 0.6) is 5.75 Å². The van der Waals surface area contributed by atoms with Crippen LogP contribution in [0.3, 0.4) is 0 Å². The molecule has 5 heteroatoms. The summed E-state index contributed by atoms with van der Waals surface area (Å²) < 4.78 is 7.02. The van der Waals surface area contributed by atoms with E-state index in [1.54, 1.807) is 29.9 Å². The Labute approximate surface area is 112 Å². The highest BCUT2D eigenvalue weighted by atomic mass is 16.5. The molecule has 0 saturated heterocycles. The number of carbonyl (C=O) groups is 1. The maximum atomic E-state index is 12.1. The second kappa shape index (κ2) is 5.56. The normalized spacial score (nSPS) is 10.3. The summed E-state index contributed by atoms with van der Waals surface area (Å²) in [5.74, 6) is 1.19. The molecule has 5 nitrogen and oxygen atoms in total. The second-order valence-corrected chi connectivity index (χ2v) is 4.21. The molecule has 0 saturated carbocycles. The Bertz CT molecular complexity index is 590. The molecule has 0 fully saturated rings. The van der Waals surface area contributed by atoms with Crippen LogP contribution in [0.4, 0.5) is 5.82 Å². The van der Waals surface area contributed by atoms with Gasteiger partial charge in [0.05, 0.1) is 12.3 Å². The Balaban J connectivity index is 2.15. The number of hydrogen-bond acceptors (Lipinski definition) is 3. The van der Waals surface area contributed by atoms with Gasteiger partial charge in [0.15, 0.2) is 0 Å². The van der Waals surface area contributed by atoms with Crippen molar-refractivity contribution in [2.45, 2.75) is 13.8 Å². The van der Waals surface area contributed by atoms with Gasteiger partial charge in [-0.1, -0.05) is 6.07 Å². The van der Waals surface area contributed by atoms with Crippen molar-refractivity contribution in [1.29, 1.82) is 0 Å². The molecule has 0 aliphatic rings. The summed E-state index contributed by atoms with van der Waals surface area (Å²) in [5.41, 5.74) is 1.42. The van der Waals surface area contributed by atoms with Crippen molar-refractivity contribution in [2.75, 3.05) is 11.9 Å². The van der Waals surface area contributed by atoms with Gasteiger partial charge in [-0.15, -0.1) is 0 Å². The standard InChI is InChI=1S/C14H17N3O2/c1-4-19-12-7-5-6-11(9-12)14(18)15-13-8-10(2)16-17(13)3/h5-9H,4H2,1-3H3,(H,15,18). The van der Waals surface area contributed by atoms with E-state index in [4.69, 9.17) is 4.74 Å². The summed E-state index contributed by atoms with van der Waals surface area (Å²) in [6.45, 7) is 4.36. The molecule has 0 unspecified atom stereocenters. The summed E-state index contributed by atoms with van der Waals surface area (Å²) >= 11 is 0. The lowest BCUT2D eigenvalue weighted by Gasteiger charge is -2.07. The first-order chi connectivity index (χ1) is 9.10. The Kier molecular flexibility index (Phi) is 3.85. The SMILES string of the molecule is CCOc1cccc(C(=O)Nc2cc(C)nn2C)c1. The Morgan fingerprint density at radius 1 is 1.42 bits per heavy atom. The van der Waals surface area contributed by atoms with Crippen molar-refractivity contribution < 1.29 is 9.53 Å². The van der Waals surface area contributed by atoms with Gasteiger partial charge in [0.1, 0.15) is 11.6 Å². The van der Waals surface area contributed by atoms with E-state index >= 15 is 0 Å². The molecule has 100 valence electrons. The molecular formula is C14H17N3O2. The monoisotopic (exact) mass is 259 g/mol. The van der Waals surface area contributed by atoms with Crippen LogP contribution in [0.15, 0.2) is 30.3 Å². The average molecular weight is 259 g/mol. The second-order valence-electron chi connectivity index (χ2n) is 4.21. The van der Waals surface area contributed by atoms with E-state index in [2.05, 4.69) is 10.4 Å². The number of nitrogens with one attached hydrogen (secondary N) is 1. The summed E-state index contributed by atoms with van der Waals surface area (Å²) in [6.07, 6.45) is 0.